The lowest BCUT2D eigenvalue weighted by Gasteiger charge is -2.35. The van der Waals surface area contributed by atoms with E-state index in [0.717, 1.165) is 0 Å². The Bertz CT molecular complexity index is 867. The summed E-state index contributed by atoms with van der Waals surface area (Å²) in [5.41, 5.74) is 1.19. The molecule has 2 heterocycles. The lowest BCUT2D eigenvalue weighted by atomic mass is 10.0. The first-order chi connectivity index (χ1) is 12.6. The van der Waals surface area contributed by atoms with Crippen molar-refractivity contribution in [3.05, 3.63) is 59.3 Å². The number of hydrogen-bond donors (Lipinski definition) is 1. The maximum absolute atomic E-state index is 12.6. The number of nitrogens with zero attached hydrogens (tertiary/aromatic N) is 4. The highest BCUT2D eigenvalue weighted by atomic mass is 16.4. The Hall–Kier alpha value is -3.40. The highest BCUT2D eigenvalue weighted by Gasteiger charge is 2.24. The number of rotatable bonds is 4. The number of piperazine rings is 1. The minimum absolute atomic E-state index is 0.0650. The number of carbonyl (C=O) groups is 2. The van der Waals surface area contributed by atoms with E-state index < -0.39 is 5.97 Å². The van der Waals surface area contributed by atoms with Crippen LogP contribution in [0.5, 0.6) is 0 Å². The number of nitriles is 1. The number of carboxylic acid groups (broad SMARTS) is 1. The van der Waals surface area contributed by atoms with Crippen LogP contribution in [0.15, 0.2) is 42.6 Å². The monoisotopic (exact) mass is 350 g/mol. The Morgan fingerprint density at radius 3 is 2.54 bits per heavy atom. The van der Waals surface area contributed by atoms with E-state index in [2.05, 4.69) is 11.1 Å². The molecule has 1 aromatic carbocycles. The molecule has 1 aromatic heterocycles. The zero-order valence-electron chi connectivity index (χ0n) is 14.1. The van der Waals surface area contributed by atoms with E-state index in [-0.39, 0.29) is 17.9 Å². The van der Waals surface area contributed by atoms with Gasteiger partial charge in [-0.2, -0.15) is 5.26 Å². The van der Waals surface area contributed by atoms with Crippen molar-refractivity contribution >= 4 is 17.7 Å². The maximum atomic E-state index is 12.6. The predicted molar refractivity (Wildman–Crippen MR) is 94.9 cm³/mol. The fourth-order valence-electron chi connectivity index (χ4n) is 3.06. The molecule has 0 spiro atoms. The van der Waals surface area contributed by atoms with Crippen molar-refractivity contribution in [2.45, 2.75) is 6.42 Å². The van der Waals surface area contributed by atoms with Crippen molar-refractivity contribution in [1.29, 1.82) is 5.26 Å². The highest BCUT2D eigenvalue weighted by Crippen LogP contribution is 2.19. The van der Waals surface area contributed by atoms with Gasteiger partial charge in [0.2, 0.25) is 5.91 Å². The molecule has 1 fully saturated rings. The second-order valence-electron chi connectivity index (χ2n) is 5.99. The van der Waals surface area contributed by atoms with Crippen LogP contribution in [0.1, 0.15) is 21.5 Å². The molecule has 3 rings (SSSR count). The van der Waals surface area contributed by atoms with Gasteiger partial charge in [0.15, 0.2) is 0 Å². The van der Waals surface area contributed by atoms with E-state index in [4.69, 9.17) is 0 Å². The summed E-state index contributed by atoms with van der Waals surface area (Å²) in [5, 5.41) is 18.4. The van der Waals surface area contributed by atoms with Gasteiger partial charge in [0, 0.05) is 32.4 Å². The Balaban J connectivity index is 1.64. The number of benzene rings is 1. The summed E-state index contributed by atoms with van der Waals surface area (Å²) >= 11 is 0. The molecule has 1 aliphatic heterocycles. The van der Waals surface area contributed by atoms with Gasteiger partial charge in [0.05, 0.1) is 17.5 Å². The molecular weight excluding hydrogens is 332 g/mol. The largest absolute Gasteiger partial charge is 0.478 e. The Morgan fingerprint density at radius 1 is 1.12 bits per heavy atom. The van der Waals surface area contributed by atoms with E-state index in [1.165, 1.54) is 6.07 Å². The predicted octanol–water partition coefficient (Wildman–Crippen LogP) is 1.54. The lowest BCUT2D eigenvalue weighted by Crippen LogP contribution is -2.49. The van der Waals surface area contributed by atoms with Crippen molar-refractivity contribution in [3.63, 3.8) is 0 Å². The average molecular weight is 350 g/mol. The standard InChI is InChI=1S/C19H18N4O3/c20-13-15-5-3-7-21-18(15)23-10-8-22(9-11-23)17(24)12-14-4-1-2-6-16(14)19(25)26/h1-7H,8-12H2,(H,25,26). The van der Waals surface area contributed by atoms with Crippen molar-refractivity contribution in [2.24, 2.45) is 0 Å². The Morgan fingerprint density at radius 2 is 1.85 bits per heavy atom. The lowest BCUT2D eigenvalue weighted by molar-refractivity contribution is -0.130. The van der Waals surface area contributed by atoms with Gasteiger partial charge in [-0.3, -0.25) is 4.79 Å². The molecule has 7 nitrogen and oxygen atoms in total. The Labute approximate surface area is 151 Å². The summed E-state index contributed by atoms with van der Waals surface area (Å²) in [6.07, 6.45) is 1.71. The first-order valence-corrected chi connectivity index (χ1v) is 8.29. The van der Waals surface area contributed by atoms with Crippen LogP contribution in [0.2, 0.25) is 0 Å². The minimum atomic E-state index is -1.03. The summed E-state index contributed by atoms with van der Waals surface area (Å²) in [6, 6.07) is 12.1. The summed E-state index contributed by atoms with van der Waals surface area (Å²) < 4.78 is 0. The molecular formula is C19H18N4O3. The van der Waals surface area contributed by atoms with Crippen LogP contribution in [0, 0.1) is 11.3 Å². The van der Waals surface area contributed by atoms with Gasteiger partial charge in [-0.05, 0) is 23.8 Å². The number of hydrogen-bond acceptors (Lipinski definition) is 5. The number of carboxylic acids is 1. The maximum Gasteiger partial charge on any atom is 0.335 e. The van der Waals surface area contributed by atoms with Crippen molar-refractivity contribution < 1.29 is 14.7 Å². The second kappa shape index (κ2) is 7.66. The van der Waals surface area contributed by atoms with Gasteiger partial charge in [-0.25, -0.2) is 9.78 Å². The van der Waals surface area contributed by atoms with Crippen LogP contribution >= 0.6 is 0 Å². The molecule has 26 heavy (non-hydrogen) atoms. The third-order valence-corrected chi connectivity index (χ3v) is 4.43. The van der Waals surface area contributed by atoms with Crippen LogP contribution in [0.25, 0.3) is 0 Å². The van der Waals surface area contributed by atoms with E-state index >= 15 is 0 Å². The van der Waals surface area contributed by atoms with Crippen LogP contribution < -0.4 is 4.90 Å². The number of aromatic nitrogens is 1. The molecule has 2 aromatic rings. The van der Waals surface area contributed by atoms with Crippen molar-refractivity contribution in [1.82, 2.24) is 9.88 Å². The number of amides is 1. The van der Waals surface area contributed by atoms with Gasteiger partial charge < -0.3 is 14.9 Å². The second-order valence-corrected chi connectivity index (χ2v) is 5.99. The molecule has 1 saturated heterocycles. The first-order valence-electron chi connectivity index (χ1n) is 8.29. The van der Waals surface area contributed by atoms with Crippen molar-refractivity contribution in [2.75, 3.05) is 31.1 Å². The number of anilines is 1. The van der Waals surface area contributed by atoms with Gasteiger partial charge in [0.1, 0.15) is 11.9 Å². The summed E-state index contributed by atoms with van der Waals surface area (Å²) in [5.74, 6) is -0.490. The normalized spacial score (nSPS) is 14.0. The molecule has 132 valence electrons. The molecule has 0 unspecified atom stereocenters. The summed E-state index contributed by atoms with van der Waals surface area (Å²) in [6.45, 7) is 2.18. The van der Waals surface area contributed by atoms with Gasteiger partial charge in [0.25, 0.3) is 0 Å². The molecule has 1 aliphatic rings. The SMILES string of the molecule is N#Cc1cccnc1N1CCN(C(=O)Cc2ccccc2C(=O)O)CC1. The van der Waals surface area contributed by atoms with Crippen LogP contribution in [-0.2, 0) is 11.2 Å². The molecule has 1 N–H and O–H groups in total. The number of aromatic carboxylic acids is 1. The topological polar surface area (TPSA) is 97.5 Å². The third-order valence-electron chi connectivity index (χ3n) is 4.43. The van der Waals surface area contributed by atoms with Crippen LogP contribution in [0.4, 0.5) is 5.82 Å². The smallest absolute Gasteiger partial charge is 0.335 e. The fourth-order valence-corrected chi connectivity index (χ4v) is 3.06. The Kier molecular flexibility index (Phi) is 5.13. The average Bonchev–Trinajstić information content (AvgIpc) is 2.68. The van der Waals surface area contributed by atoms with E-state index in [1.54, 1.807) is 41.4 Å². The molecule has 1 amide bonds. The third kappa shape index (κ3) is 3.64. The van der Waals surface area contributed by atoms with E-state index in [0.29, 0.717) is 43.1 Å². The first kappa shape index (κ1) is 17.4. The van der Waals surface area contributed by atoms with Crippen molar-refractivity contribution in [3.8, 4) is 6.07 Å². The van der Waals surface area contributed by atoms with Gasteiger partial charge >= 0.3 is 5.97 Å². The highest BCUT2D eigenvalue weighted by molar-refractivity contribution is 5.91. The number of carbonyl (C=O) groups excluding carboxylic acids is 1. The molecule has 0 aliphatic carbocycles. The minimum Gasteiger partial charge on any atom is -0.478 e. The van der Waals surface area contributed by atoms with Crippen LogP contribution in [0.3, 0.4) is 0 Å². The van der Waals surface area contributed by atoms with E-state index in [1.807, 2.05) is 4.90 Å². The summed E-state index contributed by atoms with van der Waals surface area (Å²) in [7, 11) is 0. The zero-order chi connectivity index (χ0) is 18.5. The molecule has 0 saturated carbocycles. The molecule has 0 radical (unpaired) electrons. The zero-order valence-corrected chi connectivity index (χ0v) is 14.1. The molecule has 0 bridgehead atoms. The van der Waals surface area contributed by atoms with Gasteiger partial charge in [-0.15, -0.1) is 0 Å². The van der Waals surface area contributed by atoms with E-state index in [9.17, 15) is 20.0 Å². The summed E-state index contributed by atoms with van der Waals surface area (Å²) in [4.78, 5) is 31.8. The fraction of sp³-hybridized carbons (Fsp3) is 0.263. The molecule has 7 heteroatoms. The molecule has 0 atom stereocenters. The quantitative estimate of drug-likeness (QED) is 0.898. The van der Waals surface area contributed by atoms with Gasteiger partial charge in [-0.1, -0.05) is 18.2 Å². The number of pyridine rings is 1. The van der Waals surface area contributed by atoms with Crippen LogP contribution in [-0.4, -0.2) is 53.0 Å².